The van der Waals surface area contributed by atoms with Gasteiger partial charge in [0.05, 0.1) is 26.4 Å². The topological polar surface area (TPSA) is 237 Å². The fraction of sp³-hybridized carbons (Fsp3) is 0.701. The lowest BCUT2D eigenvalue weighted by atomic mass is 10.0. The standard InChI is InChI=1S/C87H148O17P2/c1-5-9-13-17-21-25-29-33-36-38-40-42-45-49-53-57-61-65-69-73-86(91)103-82(77-97-84(89)71-67-63-59-55-51-47-32-28-24-20-16-12-8-4)79-101-105(93,94)99-75-81(88)76-100-106(95,96)102-80-83(78-98-85(90)72-68-64-60-56-52-48-44-35-31-27-23-19-15-11-7-3)104-87(92)74-70-66-62-58-54-50-46-43-41-39-37-34-30-26-22-18-14-10-6-2/h10,14,21-22,25-26,28,32-34,36-37,40-43,49-50,53-54,61,65,81-83,88H,5-9,11-13,15-20,23-24,27,29-31,35,38-39,44-48,51-52,55-60,62-64,66-80H2,1-4H3,(H,93,94)(H,95,96)/b14-10-,25-21-,26-22-,32-28-,36-33-,37-34-,42-40-,43-41-,53-49-,54-50-,65-61-/t81-,82-,83-/m1/s1. The normalized spacial score (nSPS) is 14.5. The van der Waals surface area contributed by atoms with Crippen molar-refractivity contribution in [1.29, 1.82) is 0 Å². The molecule has 0 radical (unpaired) electrons. The Morgan fingerprint density at radius 2 is 0.509 bits per heavy atom. The number of carbonyl (C=O) groups excluding carboxylic acids is 4. The number of aliphatic hydroxyl groups is 1. The van der Waals surface area contributed by atoms with Crippen LogP contribution in [0.25, 0.3) is 0 Å². The van der Waals surface area contributed by atoms with Gasteiger partial charge in [-0.25, -0.2) is 9.13 Å². The number of ether oxygens (including phenoxy) is 4. The van der Waals surface area contributed by atoms with E-state index in [1.54, 1.807) is 0 Å². The van der Waals surface area contributed by atoms with Crippen LogP contribution in [0.5, 0.6) is 0 Å². The first-order chi connectivity index (χ1) is 51.7. The summed E-state index contributed by atoms with van der Waals surface area (Å²) in [4.78, 5) is 73.1. The molecule has 5 atom stereocenters. The number of rotatable bonds is 77. The van der Waals surface area contributed by atoms with Crippen LogP contribution in [0.3, 0.4) is 0 Å². The number of allylic oxidation sites excluding steroid dienone is 22. The van der Waals surface area contributed by atoms with Crippen molar-refractivity contribution < 1.29 is 80.2 Å². The average Bonchev–Trinajstić information content (AvgIpc) is 1.23. The Balaban J connectivity index is 5.47. The minimum atomic E-state index is -5.00. The van der Waals surface area contributed by atoms with Gasteiger partial charge in [-0.1, -0.05) is 309 Å². The van der Waals surface area contributed by atoms with Gasteiger partial charge in [0.15, 0.2) is 12.2 Å². The smallest absolute Gasteiger partial charge is 0.462 e. The number of carbonyl (C=O) groups is 4. The van der Waals surface area contributed by atoms with Gasteiger partial charge in [0.2, 0.25) is 0 Å². The van der Waals surface area contributed by atoms with Crippen molar-refractivity contribution in [3.63, 3.8) is 0 Å². The third kappa shape index (κ3) is 77.4. The lowest BCUT2D eigenvalue weighted by molar-refractivity contribution is -0.161. The first kappa shape index (κ1) is 101. The largest absolute Gasteiger partial charge is 0.472 e. The van der Waals surface area contributed by atoms with Gasteiger partial charge in [-0.2, -0.15) is 0 Å². The number of phosphoric acid groups is 2. The Kier molecular flexibility index (Phi) is 74.8. The van der Waals surface area contributed by atoms with Crippen molar-refractivity contribution in [2.24, 2.45) is 0 Å². The van der Waals surface area contributed by atoms with E-state index in [1.165, 1.54) is 116 Å². The summed E-state index contributed by atoms with van der Waals surface area (Å²) >= 11 is 0. The van der Waals surface area contributed by atoms with E-state index in [2.05, 4.69) is 143 Å². The number of hydrogen-bond acceptors (Lipinski definition) is 15. The van der Waals surface area contributed by atoms with Crippen molar-refractivity contribution in [2.45, 2.75) is 354 Å². The molecule has 17 nitrogen and oxygen atoms in total. The minimum Gasteiger partial charge on any atom is -0.462 e. The van der Waals surface area contributed by atoms with Crippen molar-refractivity contribution in [2.75, 3.05) is 39.6 Å². The molecule has 0 aromatic heterocycles. The fourth-order valence-electron chi connectivity index (χ4n) is 10.8. The molecule has 608 valence electrons. The number of esters is 4. The molecule has 0 saturated heterocycles. The lowest BCUT2D eigenvalue weighted by Crippen LogP contribution is -2.30. The maximum atomic E-state index is 13.1. The summed E-state index contributed by atoms with van der Waals surface area (Å²) in [6, 6.07) is 0. The predicted molar refractivity (Wildman–Crippen MR) is 436 cm³/mol. The van der Waals surface area contributed by atoms with Gasteiger partial charge in [0.25, 0.3) is 0 Å². The van der Waals surface area contributed by atoms with E-state index in [4.69, 9.17) is 37.0 Å². The maximum absolute atomic E-state index is 13.1. The molecule has 0 bridgehead atoms. The number of hydrogen-bond donors (Lipinski definition) is 3. The molecule has 3 N–H and O–H groups in total. The molecule has 0 aliphatic heterocycles. The van der Waals surface area contributed by atoms with Crippen molar-refractivity contribution in [1.82, 2.24) is 0 Å². The van der Waals surface area contributed by atoms with Crippen LogP contribution in [0.2, 0.25) is 0 Å². The molecule has 0 aromatic rings. The summed E-state index contributed by atoms with van der Waals surface area (Å²) in [7, 11) is -10.0. The Bertz CT molecular complexity index is 2530. The van der Waals surface area contributed by atoms with E-state index in [0.29, 0.717) is 32.1 Å². The predicted octanol–water partition coefficient (Wildman–Crippen LogP) is 24.4. The summed E-state index contributed by atoms with van der Waals surface area (Å²) in [6.07, 6.45) is 88.7. The molecule has 0 aromatic carbocycles. The molecule has 2 unspecified atom stereocenters. The summed E-state index contributed by atoms with van der Waals surface area (Å²) < 4.78 is 68.6. The van der Waals surface area contributed by atoms with Crippen molar-refractivity contribution >= 4 is 39.5 Å². The van der Waals surface area contributed by atoms with Gasteiger partial charge >= 0.3 is 39.5 Å². The summed E-state index contributed by atoms with van der Waals surface area (Å²) in [6.45, 7) is 4.62. The summed E-state index contributed by atoms with van der Waals surface area (Å²) in [5.74, 6) is -2.31. The van der Waals surface area contributed by atoms with E-state index in [1.807, 2.05) is 18.2 Å². The minimum absolute atomic E-state index is 0.0327. The average molecular weight is 1530 g/mol. The third-order valence-corrected chi connectivity index (χ3v) is 19.0. The first-order valence-electron chi connectivity index (χ1n) is 41.4. The molecular weight excluding hydrogens is 1380 g/mol. The number of aliphatic hydroxyl groups excluding tert-OH is 1. The second-order valence-electron chi connectivity index (χ2n) is 27.3. The number of phosphoric ester groups is 2. The molecule has 106 heavy (non-hydrogen) atoms. The number of unbranched alkanes of at least 4 members (excludes halogenated alkanes) is 29. The molecule has 0 heterocycles. The first-order valence-corrected chi connectivity index (χ1v) is 44.4. The van der Waals surface area contributed by atoms with E-state index in [9.17, 15) is 43.2 Å². The monoisotopic (exact) mass is 1530 g/mol. The van der Waals surface area contributed by atoms with Crippen molar-refractivity contribution in [3.8, 4) is 0 Å². The highest BCUT2D eigenvalue weighted by Gasteiger charge is 2.30. The molecule has 19 heteroatoms. The molecular formula is C87H148O17P2. The van der Waals surface area contributed by atoms with E-state index in [-0.39, 0.29) is 25.7 Å². The Labute approximate surface area is 644 Å². The van der Waals surface area contributed by atoms with Crippen molar-refractivity contribution in [3.05, 3.63) is 134 Å². The van der Waals surface area contributed by atoms with Crippen LogP contribution in [0.4, 0.5) is 0 Å². The van der Waals surface area contributed by atoms with Gasteiger partial charge < -0.3 is 33.8 Å². The van der Waals surface area contributed by atoms with Crippen LogP contribution in [-0.2, 0) is 65.4 Å². The van der Waals surface area contributed by atoms with E-state index >= 15 is 0 Å². The van der Waals surface area contributed by atoms with E-state index < -0.39 is 97.5 Å². The molecule has 0 aliphatic carbocycles. The van der Waals surface area contributed by atoms with Gasteiger partial charge in [0.1, 0.15) is 19.3 Å². The van der Waals surface area contributed by atoms with Crippen LogP contribution in [0, 0.1) is 0 Å². The van der Waals surface area contributed by atoms with Gasteiger partial charge in [-0.05, 0) is 135 Å². The second-order valence-corrected chi connectivity index (χ2v) is 30.2. The zero-order valence-electron chi connectivity index (χ0n) is 66.6. The van der Waals surface area contributed by atoms with Crippen LogP contribution in [0.1, 0.15) is 336 Å². The summed E-state index contributed by atoms with van der Waals surface area (Å²) in [5, 5.41) is 10.7. The van der Waals surface area contributed by atoms with Gasteiger partial charge in [-0.3, -0.25) is 37.3 Å². The second kappa shape index (κ2) is 78.3. The zero-order valence-corrected chi connectivity index (χ0v) is 68.4. The lowest BCUT2D eigenvalue weighted by Gasteiger charge is -2.21. The highest BCUT2D eigenvalue weighted by atomic mass is 31.2. The van der Waals surface area contributed by atoms with Crippen LogP contribution >= 0.6 is 15.6 Å². The molecule has 0 aliphatic rings. The van der Waals surface area contributed by atoms with Crippen LogP contribution in [-0.4, -0.2) is 96.7 Å². The molecule has 0 saturated carbocycles. The van der Waals surface area contributed by atoms with Gasteiger partial charge in [-0.15, -0.1) is 0 Å². The Morgan fingerprint density at radius 3 is 0.858 bits per heavy atom. The fourth-order valence-corrected chi connectivity index (χ4v) is 12.4. The third-order valence-electron chi connectivity index (χ3n) is 17.1. The molecule has 0 spiro atoms. The molecule has 0 rings (SSSR count). The van der Waals surface area contributed by atoms with Gasteiger partial charge in [0, 0.05) is 25.7 Å². The zero-order chi connectivity index (χ0) is 77.4. The summed E-state index contributed by atoms with van der Waals surface area (Å²) in [5.41, 5.74) is 0. The molecule has 0 amide bonds. The van der Waals surface area contributed by atoms with Crippen LogP contribution < -0.4 is 0 Å². The quantitative estimate of drug-likeness (QED) is 0.0169. The Morgan fingerprint density at radius 1 is 0.274 bits per heavy atom. The highest BCUT2D eigenvalue weighted by molar-refractivity contribution is 7.47. The van der Waals surface area contributed by atoms with Crippen LogP contribution in [0.15, 0.2) is 134 Å². The Hall–Kier alpha value is -4.80. The maximum Gasteiger partial charge on any atom is 0.472 e. The SMILES string of the molecule is CC/C=C\C/C=C\C/C=C\C/C=C\C/C=C\CCCCCC(=O)O[C@H](COC(=O)CCCCCCCCCCCCCCCCC)COP(=O)(O)OC[C@H](O)COP(=O)(O)OC[C@@H](COC(=O)CCCCCCC/C=C\CCCCCC)OC(=O)CC/C=C\C/C=C\C/C=C\C/C=C\C/C=C\CCCCC. The molecule has 0 fully saturated rings. The highest BCUT2D eigenvalue weighted by Crippen LogP contribution is 2.45. The van der Waals surface area contributed by atoms with E-state index in [0.717, 1.165) is 135 Å².